The smallest absolute Gasteiger partial charge is 0.135 e. The second-order valence-electron chi connectivity index (χ2n) is 4.40. The molecule has 1 aromatic carbocycles. The third kappa shape index (κ3) is 6.57. The molecule has 0 amide bonds. The molecular formula is C15H21Cl3N2O2. The normalized spacial score (nSPS) is 9.91. The molecule has 2 aromatic rings. The highest BCUT2D eigenvalue weighted by molar-refractivity contribution is 6.33. The summed E-state index contributed by atoms with van der Waals surface area (Å²) in [5.41, 5.74) is 0.907. The van der Waals surface area contributed by atoms with E-state index in [1.165, 1.54) is 0 Å². The van der Waals surface area contributed by atoms with Crippen molar-refractivity contribution in [2.45, 2.75) is 6.54 Å². The molecule has 1 heterocycles. The van der Waals surface area contributed by atoms with E-state index in [0.717, 1.165) is 30.2 Å². The van der Waals surface area contributed by atoms with Crippen molar-refractivity contribution in [3.63, 3.8) is 0 Å². The van der Waals surface area contributed by atoms with Crippen LogP contribution in [0.4, 0.5) is 0 Å². The van der Waals surface area contributed by atoms with Crippen LogP contribution < -0.4 is 10.6 Å². The third-order valence-electron chi connectivity index (χ3n) is 2.87. The van der Waals surface area contributed by atoms with E-state index in [2.05, 4.69) is 10.6 Å². The average molecular weight is 368 g/mol. The van der Waals surface area contributed by atoms with Gasteiger partial charge in [-0.05, 0) is 24.3 Å². The Labute approximate surface area is 148 Å². The SMILES string of the molecule is Cl.Cl.OCCNCCNCc1ccc(-c2ccccc2Cl)o1. The predicted octanol–water partition coefficient (Wildman–Crippen LogP) is 3.12. The minimum atomic E-state index is 0. The van der Waals surface area contributed by atoms with Crippen molar-refractivity contribution in [1.29, 1.82) is 0 Å². The predicted molar refractivity (Wildman–Crippen MR) is 95.3 cm³/mol. The van der Waals surface area contributed by atoms with Crippen LogP contribution in [0.1, 0.15) is 5.76 Å². The Morgan fingerprint density at radius 1 is 0.955 bits per heavy atom. The van der Waals surface area contributed by atoms with Gasteiger partial charge in [-0.25, -0.2) is 0 Å². The highest BCUT2D eigenvalue weighted by Gasteiger charge is 2.07. The van der Waals surface area contributed by atoms with Gasteiger partial charge < -0.3 is 20.2 Å². The first-order valence-electron chi connectivity index (χ1n) is 6.67. The molecule has 0 radical (unpaired) electrons. The summed E-state index contributed by atoms with van der Waals surface area (Å²) in [4.78, 5) is 0. The van der Waals surface area contributed by atoms with Crippen molar-refractivity contribution < 1.29 is 9.52 Å². The molecule has 0 fully saturated rings. The van der Waals surface area contributed by atoms with Gasteiger partial charge in [0.1, 0.15) is 11.5 Å². The van der Waals surface area contributed by atoms with Gasteiger partial charge >= 0.3 is 0 Å². The van der Waals surface area contributed by atoms with Crippen molar-refractivity contribution in [2.75, 3.05) is 26.2 Å². The third-order valence-corrected chi connectivity index (χ3v) is 3.20. The summed E-state index contributed by atoms with van der Waals surface area (Å²) >= 11 is 6.14. The lowest BCUT2D eigenvalue weighted by Crippen LogP contribution is -2.28. The van der Waals surface area contributed by atoms with Crippen molar-refractivity contribution >= 4 is 36.4 Å². The Bertz CT molecular complexity index is 535. The molecule has 0 aliphatic carbocycles. The molecule has 2 rings (SSSR count). The topological polar surface area (TPSA) is 57.4 Å². The molecule has 4 nitrogen and oxygen atoms in total. The summed E-state index contributed by atoms with van der Waals surface area (Å²) in [5, 5.41) is 15.7. The highest BCUT2D eigenvalue weighted by Crippen LogP contribution is 2.28. The molecule has 0 spiro atoms. The Morgan fingerprint density at radius 3 is 2.41 bits per heavy atom. The minimum absolute atomic E-state index is 0. The van der Waals surface area contributed by atoms with Crippen molar-refractivity contribution in [1.82, 2.24) is 10.6 Å². The fourth-order valence-electron chi connectivity index (χ4n) is 1.87. The fourth-order valence-corrected chi connectivity index (χ4v) is 2.10. The quantitative estimate of drug-likeness (QED) is 0.628. The van der Waals surface area contributed by atoms with Gasteiger partial charge in [0.25, 0.3) is 0 Å². The van der Waals surface area contributed by atoms with E-state index >= 15 is 0 Å². The van der Waals surface area contributed by atoms with Crippen LogP contribution in [0.3, 0.4) is 0 Å². The summed E-state index contributed by atoms with van der Waals surface area (Å²) in [6, 6.07) is 11.5. The van der Waals surface area contributed by atoms with Crippen LogP contribution >= 0.6 is 36.4 Å². The van der Waals surface area contributed by atoms with Crippen LogP contribution in [0.25, 0.3) is 11.3 Å². The molecule has 7 heteroatoms. The molecule has 22 heavy (non-hydrogen) atoms. The lowest BCUT2D eigenvalue weighted by molar-refractivity contribution is 0.292. The molecule has 1 aromatic heterocycles. The van der Waals surface area contributed by atoms with E-state index in [1.807, 2.05) is 36.4 Å². The van der Waals surface area contributed by atoms with Crippen LogP contribution in [0.2, 0.25) is 5.02 Å². The number of benzene rings is 1. The first-order valence-corrected chi connectivity index (χ1v) is 7.05. The van der Waals surface area contributed by atoms with Gasteiger partial charge in [0.15, 0.2) is 0 Å². The van der Waals surface area contributed by atoms with E-state index in [4.69, 9.17) is 21.1 Å². The van der Waals surface area contributed by atoms with E-state index in [0.29, 0.717) is 18.1 Å². The molecule has 0 unspecified atom stereocenters. The van der Waals surface area contributed by atoms with Crippen LogP contribution in [-0.4, -0.2) is 31.3 Å². The van der Waals surface area contributed by atoms with Gasteiger partial charge in [0.05, 0.1) is 18.2 Å². The number of furan rings is 1. The lowest BCUT2D eigenvalue weighted by atomic mass is 10.2. The Kier molecular flexibility index (Phi) is 11.4. The van der Waals surface area contributed by atoms with Gasteiger partial charge in [-0.3, -0.25) is 0 Å². The number of aliphatic hydroxyl groups is 1. The molecule has 0 aliphatic heterocycles. The van der Waals surface area contributed by atoms with E-state index in [9.17, 15) is 0 Å². The summed E-state index contributed by atoms with van der Waals surface area (Å²) in [5.74, 6) is 1.66. The maximum absolute atomic E-state index is 8.63. The molecule has 0 aliphatic rings. The van der Waals surface area contributed by atoms with E-state index < -0.39 is 0 Å². The zero-order chi connectivity index (χ0) is 14.2. The van der Waals surface area contributed by atoms with Gasteiger partial charge in [-0.1, -0.05) is 23.7 Å². The zero-order valence-corrected chi connectivity index (χ0v) is 14.4. The Morgan fingerprint density at radius 2 is 1.68 bits per heavy atom. The number of rotatable bonds is 8. The van der Waals surface area contributed by atoms with E-state index in [1.54, 1.807) is 0 Å². The molecule has 0 saturated carbocycles. The molecule has 3 N–H and O–H groups in total. The number of halogens is 3. The minimum Gasteiger partial charge on any atom is -0.460 e. The second kappa shape index (κ2) is 11.8. The average Bonchev–Trinajstić information content (AvgIpc) is 2.92. The number of aliphatic hydroxyl groups excluding tert-OH is 1. The Hall–Kier alpha value is -0.750. The van der Waals surface area contributed by atoms with Gasteiger partial charge in [0.2, 0.25) is 0 Å². The van der Waals surface area contributed by atoms with Crippen LogP contribution in [-0.2, 0) is 6.54 Å². The van der Waals surface area contributed by atoms with E-state index in [-0.39, 0.29) is 31.4 Å². The molecule has 0 bridgehead atoms. The van der Waals surface area contributed by atoms with Crippen molar-refractivity contribution in [3.8, 4) is 11.3 Å². The first kappa shape index (κ1) is 21.2. The molecular weight excluding hydrogens is 347 g/mol. The molecule has 124 valence electrons. The lowest BCUT2D eigenvalue weighted by Gasteiger charge is -2.04. The monoisotopic (exact) mass is 366 g/mol. The fraction of sp³-hybridized carbons (Fsp3) is 0.333. The number of nitrogens with one attached hydrogen (secondary N) is 2. The largest absolute Gasteiger partial charge is 0.460 e. The summed E-state index contributed by atoms with van der Waals surface area (Å²) in [6.45, 7) is 3.10. The van der Waals surface area contributed by atoms with Gasteiger partial charge in [-0.2, -0.15) is 0 Å². The van der Waals surface area contributed by atoms with Crippen LogP contribution in [0.15, 0.2) is 40.8 Å². The highest BCUT2D eigenvalue weighted by atomic mass is 35.5. The van der Waals surface area contributed by atoms with Crippen molar-refractivity contribution in [2.24, 2.45) is 0 Å². The van der Waals surface area contributed by atoms with Crippen LogP contribution in [0, 0.1) is 0 Å². The summed E-state index contributed by atoms with van der Waals surface area (Å²) in [7, 11) is 0. The second-order valence-corrected chi connectivity index (χ2v) is 4.80. The maximum Gasteiger partial charge on any atom is 0.135 e. The van der Waals surface area contributed by atoms with Gasteiger partial charge in [0, 0.05) is 25.2 Å². The standard InChI is InChI=1S/C15H19ClN2O2.2ClH/c16-14-4-2-1-3-13(14)15-6-5-12(20-15)11-18-8-7-17-9-10-19;;/h1-6,17-19H,7-11H2;2*1H. The number of hydrogen-bond acceptors (Lipinski definition) is 4. The first-order chi connectivity index (χ1) is 9.81. The summed E-state index contributed by atoms with van der Waals surface area (Å²) < 4.78 is 5.77. The van der Waals surface area contributed by atoms with Crippen LogP contribution in [0.5, 0.6) is 0 Å². The van der Waals surface area contributed by atoms with Gasteiger partial charge in [-0.15, -0.1) is 24.8 Å². The van der Waals surface area contributed by atoms with Crippen molar-refractivity contribution in [3.05, 3.63) is 47.2 Å². The Balaban J connectivity index is 0.00000220. The number of hydrogen-bond donors (Lipinski definition) is 3. The zero-order valence-electron chi connectivity index (χ0n) is 12.0. The molecule has 0 saturated heterocycles. The maximum atomic E-state index is 8.63. The molecule has 0 atom stereocenters. The summed E-state index contributed by atoms with van der Waals surface area (Å²) in [6.07, 6.45) is 0.